The van der Waals surface area contributed by atoms with Gasteiger partial charge in [0.2, 0.25) is 11.8 Å². The minimum atomic E-state index is -4.45. The lowest BCUT2D eigenvalue weighted by molar-refractivity contribution is -0.183. The average molecular weight is 681 g/mol. The first-order chi connectivity index (χ1) is 22.6. The second kappa shape index (κ2) is 13.0. The first-order valence-electron chi connectivity index (χ1n) is 16.6. The van der Waals surface area contributed by atoms with Crippen LogP contribution >= 0.6 is 0 Å². The molecule has 2 saturated heterocycles. The molecule has 0 aromatic carbocycles. The number of aryl methyl sites for hydroxylation is 1. The van der Waals surface area contributed by atoms with E-state index in [1.165, 1.54) is 15.4 Å². The van der Waals surface area contributed by atoms with E-state index in [4.69, 9.17) is 19.8 Å². The minimum Gasteiger partial charge on any atom is -0.375 e. The molecule has 0 bridgehead atoms. The molecule has 1 saturated carbocycles. The van der Waals surface area contributed by atoms with Crippen molar-refractivity contribution in [3.8, 4) is 0 Å². The molecule has 262 valence electrons. The molecule has 2 aliphatic heterocycles. The number of hydrogen-bond acceptors (Lipinski definition) is 7. The molecule has 6 rings (SSSR count). The Morgan fingerprint density at radius 3 is 2.58 bits per heavy atom. The highest BCUT2D eigenvalue weighted by Crippen LogP contribution is 2.42. The highest BCUT2D eigenvalue weighted by Gasteiger charge is 2.45. The Bertz CT molecular complexity index is 1630. The van der Waals surface area contributed by atoms with E-state index < -0.39 is 48.3 Å². The number of carbonyl (C=O) groups excluding carboxylic acids is 2. The average Bonchev–Trinajstić information content (AvgIpc) is 3.67. The van der Waals surface area contributed by atoms with Crippen LogP contribution in [0.1, 0.15) is 105 Å². The smallest absolute Gasteiger partial charge is 0.375 e. The predicted octanol–water partition coefficient (Wildman–Crippen LogP) is 5.17. The Morgan fingerprint density at radius 1 is 1.17 bits per heavy atom. The molecule has 3 aromatic heterocycles. The minimum absolute atomic E-state index is 0.0665. The lowest BCUT2D eigenvalue weighted by Gasteiger charge is -2.35. The predicted molar refractivity (Wildman–Crippen MR) is 162 cm³/mol. The van der Waals surface area contributed by atoms with Crippen LogP contribution in [-0.2, 0) is 22.5 Å². The Kier molecular flexibility index (Phi) is 9.24. The fraction of sp³-hybridized carbons (Fsp3) is 0.688. The first-order valence-corrected chi connectivity index (χ1v) is 16.6. The van der Waals surface area contributed by atoms with Gasteiger partial charge >= 0.3 is 6.18 Å². The van der Waals surface area contributed by atoms with Crippen molar-refractivity contribution < 1.29 is 36.3 Å². The summed E-state index contributed by atoms with van der Waals surface area (Å²) >= 11 is 0. The third-order valence-corrected chi connectivity index (χ3v) is 10.0. The van der Waals surface area contributed by atoms with E-state index in [9.17, 15) is 31.5 Å². The van der Waals surface area contributed by atoms with Gasteiger partial charge in [0.15, 0.2) is 0 Å². The molecule has 1 aliphatic carbocycles. The van der Waals surface area contributed by atoms with Gasteiger partial charge in [-0.15, -0.1) is 0 Å². The maximum absolute atomic E-state index is 14.2. The molecule has 16 heteroatoms. The zero-order chi connectivity index (χ0) is 34.4. The van der Waals surface area contributed by atoms with Crippen molar-refractivity contribution in [2.45, 2.75) is 108 Å². The van der Waals surface area contributed by atoms with E-state index >= 15 is 0 Å². The van der Waals surface area contributed by atoms with Crippen LogP contribution < -0.4 is 10.6 Å². The number of amides is 2. The lowest BCUT2D eigenvalue weighted by Crippen LogP contribution is -2.47. The van der Waals surface area contributed by atoms with Crippen molar-refractivity contribution in [3.05, 3.63) is 41.2 Å². The van der Waals surface area contributed by atoms with Gasteiger partial charge in [-0.25, -0.2) is 23.3 Å². The fourth-order valence-electron chi connectivity index (χ4n) is 7.11. The molecule has 5 heterocycles. The summed E-state index contributed by atoms with van der Waals surface area (Å²) in [4.78, 5) is 35.8. The number of nitrogens with zero attached hydrogens (tertiary/aromatic N) is 6. The summed E-state index contributed by atoms with van der Waals surface area (Å²) in [5.41, 5.74) is 1.20. The number of alkyl halides is 5. The molecule has 48 heavy (non-hydrogen) atoms. The van der Waals surface area contributed by atoms with Gasteiger partial charge in [0, 0.05) is 50.4 Å². The van der Waals surface area contributed by atoms with Gasteiger partial charge in [0.05, 0.1) is 47.4 Å². The first kappa shape index (κ1) is 34.2. The van der Waals surface area contributed by atoms with Crippen molar-refractivity contribution in [2.24, 2.45) is 17.8 Å². The third-order valence-electron chi connectivity index (χ3n) is 10.0. The van der Waals surface area contributed by atoms with Gasteiger partial charge in [0.1, 0.15) is 5.69 Å². The van der Waals surface area contributed by atoms with Crippen molar-refractivity contribution in [1.82, 2.24) is 40.0 Å². The number of hydrogen-bond donors (Lipinski definition) is 2. The molecule has 0 spiro atoms. The van der Waals surface area contributed by atoms with Crippen molar-refractivity contribution in [3.63, 3.8) is 0 Å². The summed E-state index contributed by atoms with van der Waals surface area (Å²) in [5.74, 6) is -6.73. The topological polar surface area (TPSA) is 128 Å². The number of fused-ring (bicyclic) bond motifs is 1. The van der Waals surface area contributed by atoms with Gasteiger partial charge in [-0.05, 0) is 64.9 Å². The summed E-state index contributed by atoms with van der Waals surface area (Å²) in [7, 11) is 0. The molecule has 2 amide bonds. The summed E-state index contributed by atoms with van der Waals surface area (Å²) in [6, 6.07) is 0.828. The van der Waals surface area contributed by atoms with Crippen molar-refractivity contribution in [2.75, 3.05) is 13.2 Å². The molecule has 2 N–H and O–H groups in total. The molecular formula is C32H41F5N8O3. The second-order valence-electron chi connectivity index (χ2n) is 14.0. The normalized spacial score (nSPS) is 25.5. The van der Waals surface area contributed by atoms with Crippen LogP contribution in [0.15, 0.2) is 18.5 Å². The molecule has 3 fully saturated rings. The molecule has 0 radical (unpaired) electrons. The highest BCUT2D eigenvalue weighted by molar-refractivity contribution is 5.92. The Balaban J connectivity index is 1.36. The highest BCUT2D eigenvalue weighted by atomic mass is 19.4. The standard InChI is InChI=1S/C32H41F5N8O3/c1-4-44-24(8-12-39-44)28(47)41-25(18-6-10-31(33,34)11-7-18)23-16-45-29(40-23)42-26(19-5-9-30(2,3)48-17-19)22(43-45)14-20-13-21(32(35,36)37)15-38-27(20)46/h8,12,16,18-21,25H,4-7,9-11,13-15,17H2,1-3H3,(H,38,46)(H,41,47)/t19?,20-,21-,25+/m1/s1. The summed E-state index contributed by atoms with van der Waals surface area (Å²) in [6.07, 6.45) is -0.755. The van der Waals surface area contributed by atoms with E-state index in [1.54, 1.807) is 12.3 Å². The number of nitrogens with one attached hydrogen (secondary N) is 2. The van der Waals surface area contributed by atoms with E-state index in [0.717, 1.165) is 0 Å². The fourth-order valence-corrected chi connectivity index (χ4v) is 7.11. The van der Waals surface area contributed by atoms with E-state index in [1.807, 2.05) is 20.8 Å². The number of ether oxygens (including phenoxy) is 1. The van der Waals surface area contributed by atoms with Crippen LogP contribution in [0, 0.1) is 17.8 Å². The summed E-state index contributed by atoms with van der Waals surface area (Å²) < 4.78 is 78.3. The van der Waals surface area contributed by atoms with Crippen LogP contribution in [0.5, 0.6) is 0 Å². The summed E-state index contributed by atoms with van der Waals surface area (Å²) in [6.45, 7) is 6.10. The van der Waals surface area contributed by atoms with Crippen molar-refractivity contribution in [1.29, 1.82) is 0 Å². The Morgan fingerprint density at radius 2 is 1.92 bits per heavy atom. The zero-order valence-electron chi connectivity index (χ0n) is 27.2. The number of halogens is 5. The molecule has 3 aromatic rings. The number of rotatable bonds is 8. The molecule has 3 aliphatic rings. The monoisotopic (exact) mass is 680 g/mol. The van der Waals surface area contributed by atoms with Gasteiger partial charge in [-0.1, -0.05) is 0 Å². The number of piperidine rings is 1. The van der Waals surface area contributed by atoms with Gasteiger partial charge < -0.3 is 15.4 Å². The number of carbonyl (C=O) groups is 2. The quantitative estimate of drug-likeness (QED) is 0.315. The molecule has 1 unspecified atom stereocenters. The Labute approximate surface area is 274 Å². The number of imidazole rings is 1. The van der Waals surface area contributed by atoms with Crippen LogP contribution in [0.2, 0.25) is 0 Å². The molecule has 11 nitrogen and oxygen atoms in total. The van der Waals surface area contributed by atoms with Crippen LogP contribution in [-0.4, -0.2) is 72.0 Å². The summed E-state index contributed by atoms with van der Waals surface area (Å²) in [5, 5.41) is 14.3. The van der Waals surface area contributed by atoms with Gasteiger partial charge in [0.25, 0.3) is 11.7 Å². The second-order valence-corrected chi connectivity index (χ2v) is 14.0. The molecular weight excluding hydrogens is 639 g/mol. The van der Waals surface area contributed by atoms with E-state index in [2.05, 4.69) is 15.7 Å². The zero-order valence-corrected chi connectivity index (χ0v) is 27.2. The largest absolute Gasteiger partial charge is 0.393 e. The SMILES string of the molecule is CCn1nccc1C(=O)N[C@H](c1cn2nc(C[C@H]3C[C@@H](C(F)(F)F)CNC3=O)c(C3CCC(C)(C)OC3)nc2n1)C1CCC(F)(F)CC1. The van der Waals surface area contributed by atoms with Gasteiger partial charge in [-0.2, -0.15) is 23.4 Å². The molecule has 4 atom stereocenters. The van der Waals surface area contributed by atoms with Crippen LogP contribution in [0.25, 0.3) is 5.78 Å². The Hall–Kier alpha value is -3.69. The number of aromatic nitrogens is 6. The van der Waals surface area contributed by atoms with E-state index in [-0.39, 0.29) is 61.7 Å². The lowest BCUT2D eigenvalue weighted by atomic mass is 9.81. The van der Waals surface area contributed by atoms with Crippen LogP contribution in [0.4, 0.5) is 22.0 Å². The maximum Gasteiger partial charge on any atom is 0.393 e. The van der Waals surface area contributed by atoms with E-state index in [0.29, 0.717) is 48.8 Å². The van der Waals surface area contributed by atoms with Gasteiger partial charge in [-0.3, -0.25) is 14.3 Å². The van der Waals surface area contributed by atoms with Crippen molar-refractivity contribution >= 4 is 17.6 Å². The third kappa shape index (κ3) is 7.32. The maximum atomic E-state index is 14.2. The van der Waals surface area contributed by atoms with Crippen LogP contribution in [0.3, 0.4) is 0 Å².